The number of oxime groups is 1. The molecule has 0 saturated heterocycles. The largest absolute Gasteiger partial charge is 0.492 e. The minimum Gasteiger partial charge on any atom is -0.492 e. The summed E-state index contributed by atoms with van der Waals surface area (Å²) in [4.78, 5) is 26.3. The summed E-state index contributed by atoms with van der Waals surface area (Å²) in [6.07, 6.45) is 1.94. The predicted molar refractivity (Wildman–Crippen MR) is 147 cm³/mol. The van der Waals surface area contributed by atoms with E-state index in [2.05, 4.69) is 5.16 Å². The molecule has 1 aliphatic carbocycles. The highest BCUT2D eigenvalue weighted by atomic mass is 19.4. The number of fused-ring (bicyclic) bond motifs is 1. The number of nitrogens with zero attached hydrogens (tertiary/aromatic N) is 2. The molecule has 2 atom stereocenters. The molecule has 1 N–H and O–H groups in total. The summed E-state index contributed by atoms with van der Waals surface area (Å²) < 4.78 is 58.9. The van der Waals surface area contributed by atoms with Gasteiger partial charge in [-0.05, 0) is 54.8 Å². The first-order valence-electron chi connectivity index (χ1n) is 13.4. The fourth-order valence-corrected chi connectivity index (χ4v) is 4.56. The quantitative estimate of drug-likeness (QED) is 0.218. The van der Waals surface area contributed by atoms with Gasteiger partial charge >= 0.3 is 12.1 Å². The molecule has 9 nitrogen and oxygen atoms in total. The van der Waals surface area contributed by atoms with Crippen molar-refractivity contribution in [3.05, 3.63) is 77.9 Å². The number of carbonyl (C=O) groups excluding carboxylic acids is 2. The number of hydrogen-bond acceptors (Lipinski definition) is 8. The fourth-order valence-electron chi connectivity index (χ4n) is 4.56. The number of hydrogen-bond donors (Lipinski definition) is 1. The van der Waals surface area contributed by atoms with Crippen LogP contribution in [0.5, 0.6) is 11.5 Å². The summed E-state index contributed by atoms with van der Waals surface area (Å²) in [5, 5.41) is 12.6. The van der Waals surface area contributed by atoms with Gasteiger partial charge in [-0.2, -0.15) is 13.2 Å². The Morgan fingerprint density at radius 1 is 1.17 bits per heavy atom. The molecule has 0 spiro atoms. The van der Waals surface area contributed by atoms with Gasteiger partial charge in [0.2, 0.25) is 0 Å². The van der Waals surface area contributed by atoms with Crippen molar-refractivity contribution >= 4 is 23.3 Å². The van der Waals surface area contributed by atoms with Gasteiger partial charge in [0.15, 0.2) is 12.7 Å². The van der Waals surface area contributed by atoms with E-state index in [1.54, 1.807) is 48.2 Å². The third-order valence-electron chi connectivity index (χ3n) is 6.57. The van der Waals surface area contributed by atoms with Gasteiger partial charge in [-0.25, -0.2) is 4.79 Å². The Morgan fingerprint density at radius 2 is 1.93 bits per heavy atom. The average molecular weight is 589 g/mol. The van der Waals surface area contributed by atoms with Crippen molar-refractivity contribution in [1.29, 1.82) is 0 Å². The van der Waals surface area contributed by atoms with E-state index in [-0.39, 0.29) is 44.6 Å². The molecule has 0 radical (unpaired) electrons. The molecule has 0 aromatic heterocycles. The van der Waals surface area contributed by atoms with Crippen LogP contribution in [0.4, 0.5) is 18.9 Å². The minimum absolute atomic E-state index is 0.0193. The molecule has 1 amide bonds. The van der Waals surface area contributed by atoms with Crippen molar-refractivity contribution in [2.45, 2.75) is 32.0 Å². The van der Waals surface area contributed by atoms with Crippen LogP contribution < -0.4 is 14.4 Å². The Balaban J connectivity index is 1.33. The molecule has 42 heavy (non-hydrogen) atoms. The summed E-state index contributed by atoms with van der Waals surface area (Å²) in [6.45, 7) is 0.330. The molecular formula is C30H31F3N2O7. The van der Waals surface area contributed by atoms with E-state index in [0.29, 0.717) is 34.9 Å². The summed E-state index contributed by atoms with van der Waals surface area (Å²) in [5.74, 6) is -0.111. The maximum absolute atomic E-state index is 12.6. The molecule has 0 fully saturated rings. The summed E-state index contributed by atoms with van der Waals surface area (Å²) in [7, 11) is 0. The standard InChI is InChI=1S/C30H31F3N2O7/c1-2-39-29(37)27(42-19-30(31,32)33)16-20-7-10-23(11-8-20)40-14-13-35-25-12-9-21(17-26(25)41-18-28(35)36)15-22-5-3-4-6-24(22)34-38/h3-12,17,22,27,38H,2,13-16,18-19H2,1H3. The van der Waals surface area contributed by atoms with Crippen molar-refractivity contribution in [3.8, 4) is 11.5 Å². The first-order valence-corrected chi connectivity index (χ1v) is 13.4. The van der Waals surface area contributed by atoms with Crippen molar-refractivity contribution in [2.75, 3.05) is 37.9 Å². The van der Waals surface area contributed by atoms with E-state index in [1.807, 2.05) is 30.4 Å². The molecule has 2 aliphatic rings. The van der Waals surface area contributed by atoms with Gasteiger partial charge in [-0.1, -0.05) is 41.6 Å². The lowest BCUT2D eigenvalue weighted by Gasteiger charge is -2.30. The zero-order chi connectivity index (χ0) is 30.1. The van der Waals surface area contributed by atoms with E-state index >= 15 is 0 Å². The summed E-state index contributed by atoms with van der Waals surface area (Å²) >= 11 is 0. The number of esters is 1. The van der Waals surface area contributed by atoms with Gasteiger partial charge < -0.3 is 29.1 Å². The third kappa shape index (κ3) is 8.35. The van der Waals surface area contributed by atoms with Gasteiger partial charge in [-0.3, -0.25) is 4.79 Å². The molecule has 2 unspecified atom stereocenters. The van der Waals surface area contributed by atoms with E-state index in [1.165, 1.54) is 0 Å². The first-order chi connectivity index (χ1) is 20.2. The molecule has 12 heteroatoms. The maximum atomic E-state index is 12.6. The SMILES string of the molecule is CCOC(=O)C(Cc1ccc(OCCN2C(=O)COc3cc(CC4C=CC=CC4=NO)ccc32)cc1)OCC(F)(F)F. The van der Waals surface area contributed by atoms with E-state index in [9.17, 15) is 28.0 Å². The lowest BCUT2D eigenvalue weighted by molar-refractivity contribution is -0.194. The number of anilines is 1. The van der Waals surface area contributed by atoms with Crippen LogP contribution in [0.2, 0.25) is 0 Å². The van der Waals surface area contributed by atoms with Crippen LogP contribution >= 0.6 is 0 Å². The number of benzene rings is 2. The number of carbonyl (C=O) groups is 2. The van der Waals surface area contributed by atoms with Crippen LogP contribution in [0.25, 0.3) is 0 Å². The Morgan fingerprint density at radius 3 is 2.64 bits per heavy atom. The Hall–Kier alpha value is -4.32. The highest BCUT2D eigenvalue weighted by Gasteiger charge is 2.32. The van der Waals surface area contributed by atoms with Crippen LogP contribution in [0.1, 0.15) is 18.1 Å². The van der Waals surface area contributed by atoms with Crippen LogP contribution in [0.15, 0.2) is 71.9 Å². The maximum Gasteiger partial charge on any atom is 0.411 e. The predicted octanol–water partition coefficient (Wildman–Crippen LogP) is 4.66. The second kappa shape index (κ2) is 14.0. The van der Waals surface area contributed by atoms with Gasteiger partial charge in [0.05, 0.1) is 24.6 Å². The second-order valence-corrected chi connectivity index (χ2v) is 9.58. The van der Waals surface area contributed by atoms with Crippen molar-refractivity contribution in [1.82, 2.24) is 0 Å². The van der Waals surface area contributed by atoms with Gasteiger partial charge in [0.1, 0.15) is 24.7 Å². The monoisotopic (exact) mass is 588 g/mol. The topological polar surface area (TPSA) is 107 Å². The Kier molecular flexibility index (Phi) is 10.2. The second-order valence-electron chi connectivity index (χ2n) is 9.58. The number of allylic oxidation sites excluding steroid dienone is 4. The zero-order valence-electron chi connectivity index (χ0n) is 22.9. The zero-order valence-corrected chi connectivity index (χ0v) is 22.9. The third-order valence-corrected chi connectivity index (χ3v) is 6.57. The van der Waals surface area contributed by atoms with Crippen LogP contribution in [0, 0.1) is 5.92 Å². The van der Waals surface area contributed by atoms with E-state index in [4.69, 9.17) is 18.9 Å². The number of ether oxygens (including phenoxy) is 4. The smallest absolute Gasteiger partial charge is 0.411 e. The minimum atomic E-state index is -4.57. The van der Waals surface area contributed by atoms with Crippen LogP contribution in [-0.4, -0.2) is 68.0 Å². The number of halogens is 3. The molecule has 2 aromatic rings. The number of amides is 1. The molecular weight excluding hydrogens is 557 g/mol. The van der Waals surface area contributed by atoms with Crippen molar-refractivity contribution in [2.24, 2.45) is 11.1 Å². The molecule has 2 aromatic carbocycles. The summed E-state index contributed by atoms with van der Waals surface area (Å²) in [5.41, 5.74) is 2.70. The van der Waals surface area contributed by atoms with E-state index < -0.39 is 24.9 Å². The van der Waals surface area contributed by atoms with Gasteiger partial charge in [0.25, 0.3) is 5.91 Å². The van der Waals surface area contributed by atoms with Gasteiger partial charge in [-0.15, -0.1) is 0 Å². The summed E-state index contributed by atoms with van der Waals surface area (Å²) in [6, 6.07) is 12.1. The van der Waals surface area contributed by atoms with Crippen molar-refractivity contribution in [3.63, 3.8) is 0 Å². The van der Waals surface area contributed by atoms with Crippen molar-refractivity contribution < 1.29 is 46.9 Å². The number of alkyl halides is 3. The molecule has 0 bridgehead atoms. The van der Waals surface area contributed by atoms with Crippen LogP contribution in [0.3, 0.4) is 0 Å². The Bertz CT molecular complexity index is 1340. The lowest BCUT2D eigenvalue weighted by Crippen LogP contribution is -2.41. The van der Waals surface area contributed by atoms with E-state index in [0.717, 1.165) is 5.56 Å². The van der Waals surface area contributed by atoms with Gasteiger partial charge in [0, 0.05) is 12.3 Å². The normalized spacial score (nSPS) is 18.0. The molecule has 1 aliphatic heterocycles. The average Bonchev–Trinajstić information content (AvgIpc) is 2.97. The highest BCUT2D eigenvalue weighted by molar-refractivity contribution is 5.99. The molecule has 1 heterocycles. The highest BCUT2D eigenvalue weighted by Crippen LogP contribution is 2.34. The first kappa shape index (κ1) is 30.6. The van der Waals surface area contributed by atoms with Crippen LogP contribution in [-0.2, 0) is 31.9 Å². The molecule has 224 valence electrons. The molecule has 0 saturated carbocycles. The number of rotatable bonds is 12. The fraction of sp³-hybridized carbons (Fsp3) is 0.367. The molecule has 4 rings (SSSR count). The lowest BCUT2D eigenvalue weighted by atomic mass is 9.91. The Labute approximate surface area is 240 Å².